The topological polar surface area (TPSA) is 85.6 Å². The van der Waals surface area contributed by atoms with Gasteiger partial charge in [0.1, 0.15) is 5.52 Å². The Labute approximate surface area is 141 Å². The minimum Gasteiger partial charge on any atom is -0.358 e. The summed E-state index contributed by atoms with van der Waals surface area (Å²) in [6, 6.07) is 7.55. The van der Waals surface area contributed by atoms with Crippen molar-refractivity contribution in [1.82, 2.24) is 25.2 Å². The molecule has 0 amide bonds. The Balaban J connectivity index is 1.71. The number of benzene rings is 1. The minimum absolute atomic E-state index is 0.148. The summed E-state index contributed by atoms with van der Waals surface area (Å²) in [5, 5.41) is 20.9. The largest absolute Gasteiger partial charge is 0.358 e. The Morgan fingerprint density at radius 1 is 1.30 bits per heavy atom. The fraction of sp³-hybridized carbons (Fsp3) is 0.357. The van der Waals surface area contributed by atoms with Gasteiger partial charge in [-0.15, -0.1) is 15.3 Å². The third kappa shape index (κ3) is 3.67. The normalized spacial score (nSPS) is 12.4. The number of rotatable bonds is 6. The van der Waals surface area contributed by atoms with Gasteiger partial charge in [-0.1, -0.05) is 47.4 Å². The summed E-state index contributed by atoms with van der Waals surface area (Å²) in [4.78, 5) is 12.3. The second-order valence-electron chi connectivity index (χ2n) is 5.01. The molecule has 2 aromatic heterocycles. The summed E-state index contributed by atoms with van der Waals surface area (Å²) in [5.41, 5.74) is 0.459. The van der Waals surface area contributed by atoms with Gasteiger partial charge in [-0.05, 0) is 25.5 Å². The molecule has 0 aliphatic carbocycles. The maximum Gasteiger partial charge on any atom is 0.278 e. The first-order valence-corrected chi connectivity index (χ1v) is 9.03. The molecule has 0 fully saturated rings. The first kappa shape index (κ1) is 15.9. The van der Waals surface area contributed by atoms with Gasteiger partial charge in [-0.25, -0.2) is 0 Å². The molecule has 2 heterocycles. The summed E-state index contributed by atoms with van der Waals surface area (Å²) in [5.74, 6) is 0.356. The van der Waals surface area contributed by atoms with E-state index in [1.165, 1.54) is 27.8 Å². The van der Waals surface area contributed by atoms with E-state index >= 15 is 0 Å². The molecule has 1 aromatic carbocycles. The van der Waals surface area contributed by atoms with Crippen LogP contribution in [0.4, 0.5) is 5.13 Å². The van der Waals surface area contributed by atoms with E-state index in [1.54, 1.807) is 12.1 Å². The fourth-order valence-electron chi connectivity index (χ4n) is 1.86. The van der Waals surface area contributed by atoms with Crippen molar-refractivity contribution in [2.75, 3.05) is 5.32 Å². The van der Waals surface area contributed by atoms with Crippen LogP contribution < -0.4 is 10.9 Å². The summed E-state index contributed by atoms with van der Waals surface area (Å²) < 4.78 is 2.13. The van der Waals surface area contributed by atoms with Crippen LogP contribution in [-0.2, 0) is 5.88 Å². The predicted molar refractivity (Wildman–Crippen MR) is 92.9 cm³/mol. The van der Waals surface area contributed by atoms with E-state index in [0.717, 1.165) is 15.9 Å². The van der Waals surface area contributed by atoms with Gasteiger partial charge in [0.05, 0.1) is 11.3 Å². The van der Waals surface area contributed by atoms with Crippen molar-refractivity contribution in [3.05, 3.63) is 34.6 Å². The fourth-order valence-corrected chi connectivity index (χ4v) is 3.58. The summed E-state index contributed by atoms with van der Waals surface area (Å²) in [6.45, 7) is 4.21. The third-order valence-electron chi connectivity index (χ3n) is 3.33. The zero-order valence-electron chi connectivity index (χ0n) is 12.8. The highest BCUT2D eigenvalue weighted by Crippen LogP contribution is 2.26. The van der Waals surface area contributed by atoms with Gasteiger partial charge < -0.3 is 5.32 Å². The van der Waals surface area contributed by atoms with Crippen LogP contribution in [0.3, 0.4) is 0 Å². The Kier molecular flexibility index (Phi) is 4.87. The number of nitrogens with zero attached hydrogens (tertiary/aromatic N) is 5. The van der Waals surface area contributed by atoms with Crippen LogP contribution in [0.1, 0.15) is 20.3 Å². The number of thioether (sulfide) groups is 1. The average Bonchev–Trinajstić information content (AvgIpc) is 3.02. The molecule has 0 spiro atoms. The Bertz CT molecular complexity index is 862. The average molecular weight is 348 g/mol. The van der Waals surface area contributed by atoms with E-state index in [0.29, 0.717) is 22.8 Å². The molecule has 9 heteroatoms. The zero-order chi connectivity index (χ0) is 16.2. The number of fused-ring (bicyclic) bond motifs is 1. The van der Waals surface area contributed by atoms with Crippen LogP contribution in [0, 0.1) is 0 Å². The van der Waals surface area contributed by atoms with Crippen molar-refractivity contribution in [3.8, 4) is 0 Å². The summed E-state index contributed by atoms with van der Waals surface area (Å²) >= 11 is 2.89. The number of aromatic nitrogens is 5. The van der Waals surface area contributed by atoms with Gasteiger partial charge in [0.25, 0.3) is 5.56 Å². The molecule has 0 saturated carbocycles. The predicted octanol–water partition coefficient (Wildman–Crippen LogP) is 2.60. The summed E-state index contributed by atoms with van der Waals surface area (Å²) in [6.07, 6.45) is 1.02. The van der Waals surface area contributed by atoms with Crippen molar-refractivity contribution in [3.63, 3.8) is 0 Å². The Morgan fingerprint density at radius 3 is 2.96 bits per heavy atom. The van der Waals surface area contributed by atoms with E-state index in [4.69, 9.17) is 0 Å². The highest BCUT2D eigenvalue weighted by molar-refractivity contribution is 8.00. The van der Waals surface area contributed by atoms with Crippen molar-refractivity contribution in [1.29, 1.82) is 0 Å². The van der Waals surface area contributed by atoms with Gasteiger partial charge in [0.2, 0.25) is 5.13 Å². The van der Waals surface area contributed by atoms with Crippen molar-refractivity contribution < 1.29 is 0 Å². The van der Waals surface area contributed by atoms with E-state index in [1.807, 2.05) is 12.1 Å². The molecular formula is C14H16N6OS2. The van der Waals surface area contributed by atoms with Gasteiger partial charge in [0, 0.05) is 6.04 Å². The van der Waals surface area contributed by atoms with Crippen LogP contribution in [0.25, 0.3) is 10.9 Å². The molecule has 1 N–H and O–H groups in total. The van der Waals surface area contributed by atoms with Crippen LogP contribution in [0.2, 0.25) is 0 Å². The molecule has 120 valence electrons. The zero-order valence-corrected chi connectivity index (χ0v) is 14.4. The highest BCUT2D eigenvalue weighted by Gasteiger charge is 2.09. The molecule has 1 atom stereocenters. The Morgan fingerprint density at radius 2 is 2.13 bits per heavy atom. The van der Waals surface area contributed by atoms with Crippen LogP contribution in [0.15, 0.2) is 33.4 Å². The summed E-state index contributed by atoms with van der Waals surface area (Å²) in [7, 11) is 0. The standard InChI is InChI=1S/C14H16N6OS2/c1-3-9(2)15-13-17-18-14(23-13)22-8-20-12(21)10-6-4-5-7-11(10)16-19-20/h4-7,9H,3,8H2,1-2H3,(H,15,17). The quantitative estimate of drug-likeness (QED) is 0.685. The molecule has 3 rings (SSSR count). The number of hydrogen-bond acceptors (Lipinski definition) is 8. The van der Waals surface area contributed by atoms with Gasteiger partial charge in [-0.2, -0.15) is 4.68 Å². The van der Waals surface area contributed by atoms with Crippen LogP contribution in [-0.4, -0.2) is 31.2 Å². The second kappa shape index (κ2) is 7.05. The van der Waals surface area contributed by atoms with E-state index < -0.39 is 0 Å². The maximum absolute atomic E-state index is 12.3. The molecular weight excluding hydrogens is 332 g/mol. The lowest BCUT2D eigenvalue weighted by Gasteiger charge is -2.07. The lowest BCUT2D eigenvalue weighted by Crippen LogP contribution is -2.23. The van der Waals surface area contributed by atoms with E-state index in [2.05, 4.69) is 39.7 Å². The molecule has 23 heavy (non-hydrogen) atoms. The van der Waals surface area contributed by atoms with Crippen molar-refractivity contribution >= 4 is 39.1 Å². The smallest absolute Gasteiger partial charge is 0.278 e. The lowest BCUT2D eigenvalue weighted by molar-refractivity contribution is 0.644. The molecule has 0 saturated heterocycles. The van der Waals surface area contributed by atoms with Crippen LogP contribution >= 0.6 is 23.1 Å². The monoisotopic (exact) mass is 348 g/mol. The molecule has 0 aliphatic rings. The second-order valence-corrected chi connectivity index (χ2v) is 7.18. The Hall–Kier alpha value is -2.00. The lowest BCUT2D eigenvalue weighted by atomic mass is 10.2. The van der Waals surface area contributed by atoms with Crippen molar-refractivity contribution in [2.45, 2.75) is 36.5 Å². The van der Waals surface area contributed by atoms with E-state index in [9.17, 15) is 4.79 Å². The molecule has 7 nitrogen and oxygen atoms in total. The SMILES string of the molecule is CCC(C)Nc1nnc(SCn2nnc3ccccc3c2=O)s1. The van der Waals surface area contributed by atoms with Gasteiger partial charge in [0.15, 0.2) is 4.34 Å². The van der Waals surface area contributed by atoms with Gasteiger partial charge >= 0.3 is 0 Å². The van der Waals surface area contributed by atoms with Crippen molar-refractivity contribution in [2.24, 2.45) is 0 Å². The molecule has 0 aliphatic heterocycles. The van der Waals surface area contributed by atoms with Gasteiger partial charge in [-0.3, -0.25) is 4.79 Å². The third-order valence-corrected chi connectivity index (χ3v) is 5.28. The first-order chi connectivity index (χ1) is 11.2. The molecule has 0 bridgehead atoms. The first-order valence-electron chi connectivity index (χ1n) is 7.22. The molecule has 1 unspecified atom stereocenters. The van der Waals surface area contributed by atoms with Crippen LogP contribution in [0.5, 0.6) is 0 Å². The molecule has 0 radical (unpaired) electrons. The number of hydrogen-bond donors (Lipinski definition) is 1. The van der Waals surface area contributed by atoms with E-state index in [-0.39, 0.29) is 5.56 Å². The highest BCUT2D eigenvalue weighted by atomic mass is 32.2. The number of nitrogens with one attached hydrogen (secondary N) is 1. The number of anilines is 1. The molecule has 3 aromatic rings. The maximum atomic E-state index is 12.3. The minimum atomic E-state index is -0.148.